The highest BCUT2D eigenvalue weighted by Crippen LogP contribution is 2.27. The van der Waals surface area contributed by atoms with E-state index in [-0.39, 0.29) is 5.91 Å². The summed E-state index contributed by atoms with van der Waals surface area (Å²) in [7, 11) is 0. The number of piperazine rings is 1. The Hall–Kier alpha value is -3.41. The quantitative estimate of drug-likeness (QED) is 0.777. The molecule has 1 saturated heterocycles. The maximum atomic E-state index is 12.6. The largest absolute Gasteiger partial charge is 0.366 e. The molecule has 136 valence electrons. The van der Waals surface area contributed by atoms with E-state index in [4.69, 9.17) is 5.73 Å². The number of hydrogen-bond acceptors (Lipinski definition) is 4. The van der Waals surface area contributed by atoms with Crippen LogP contribution in [0.25, 0.3) is 10.8 Å². The summed E-state index contributed by atoms with van der Waals surface area (Å²) in [6, 6.07) is 14.7. The lowest BCUT2D eigenvalue weighted by molar-refractivity contribution is 0.0746. The lowest BCUT2D eigenvalue weighted by Gasteiger charge is -2.36. The summed E-state index contributed by atoms with van der Waals surface area (Å²) < 4.78 is 0. The first kappa shape index (κ1) is 17.0. The SMILES string of the molecule is NC(=O)c1ccc2cncc(N3CCN(C(=O)c4ccccc4)CC3)c2c1. The van der Waals surface area contributed by atoms with Crippen molar-refractivity contribution in [3.05, 3.63) is 72.1 Å². The third-order valence-electron chi connectivity index (χ3n) is 4.95. The van der Waals surface area contributed by atoms with Crippen molar-refractivity contribution in [2.24, 2.45) is 5.73 Å². The third-order valence-corrected chi connectivity index (χ3v) is 4.95. The first-order valence-corrected chi connectivity index (χ1v) is 8.90. The van der Waals surface area contributed by atoms with E-state index in [0.29, 0.717) is 37.3 Å². The molecule has 1 fully saturated rings. The maximum absolute atomic E-state index is 12.6. The van der Waals surface area contributed by atoms with Gasteiger partial charge in [0.25, 0.3) is 5.91 Å². The minimum absolute atomic E-state index is 0.0577. The minimum Gasteiger partial charge on any atom is -0.366 e. The van der Waals surface area contributed by atoms with Gasteiger partial charge in [-0.2, -0.15) is 0 Å². The topological polar surface area (TPSA) is 79.5 Å². The number of benzene rings is 2. The molecule has 1 aliphatic rings. The monoisotopic (exact) mass is 360 g/mol. The van der Waals surface area contributed by atoms with Crippen LogP contribution in [0, 0.1) is 0 Å². The number of nitrogens with zero attached hydrogens (tertiary/aromatic N) is 3. The van der Waals surface area contributed by atoms with Gasteiger partial charge >= 0.3 is 0 Å². The summed E-state index contributed by atoms with van der Waals surface area (Å²) >= 11 is 0. The normalized spacial score (nSPS) is 14.4. The first-order valence-electron chi connectivity index (χ1n) is 8.90. The first-order chi connectivity index (χ1) is 13.1. The zero-order valence-corrected chi connectivity index (χ0v) is 14.8. The van der Waals surface area contributed by atoms with Crippen molar-refractivity contribution in [3.8, 4) is 0 Å². The summed E-state index contributed by atoms with van der Waals surface area (Å²) in [5, 5.41) is 1.91. The maximum Gasteiger partial charge on any atom is 0.253 e. The molecule has 27 heavy (non-hydrogen) atoms. The Balaban J connectivity index is 1.55. The van der Waals surface area contributed by atoms with Crippen LogP contribution in [0.1, 0.15) is 20.7 Å². The van der Waals surface area contributed by atoms with Crippen molar-refractivity contribution in [1.29, 1.82) is 0 Å². The van der Waals surface area contributed by atoms with Gasteiger partial charge in [-0.05, 0) is 24.3 Å². The number of carbonyl (C=O) groups is 2. The van der Waals surface area contributed by atoms with E-state index in [1.165, 1.54) is 0 Å². The molecular formula is C21H20N4O2. The van der Waals surface area contributed by atoms with E-state index in [2.05, 4.69) is 9.88 Å². The number of amides is 2. The molecule has 2 heterocycles. The fourth-order valence-corrected chi connectivity index (χ4v) is 3.47. The van der Waals surface area contributed by atoms with Crippen LogP contribution in [-0.2, 0) is 0 Å². The molecule has 0 bridgehead atoms. The summed E-state index contributed by atoms with van der Waals surface area (Å²) in [6.07, 6.45) is 3.58. The average Bonchev–Trinajstić information content (AvgIpc) is 2.73. The molecule has 6 heteroatoms. The van der Waals surface area contributed by atoms with Crippen molar-refractivity contribution in [2.45, 2.75) is 0 Å². The molecule has 0 saturated carbocycles. The number of aromatic nitrogens is 1. The third kappa shape index (κ3) is 3.33. The summed E-state index contributed by atoms with van der Waals surface area (Å²) in [4.78, 5) is 32.6. The molecular weight excluding hydrogens is 340 g/mol. The predicted molar refractivity (Wildman–Crippen MR) is 105 cm³/mol. The molecule has 2 N–H and O–H groups in total. The number of primary amides is 1. The van der Waals surface area contributed by atoms with Crippen molar-refractivity contribution >= 4 is 28.3 Å². The molecule has 3 aromatic rings. The fourth-order valence-electron chi connectivity index (χ4n) is 3.47. The molecule has 0 aliphatic carbocycles. The number of hydrogen-bond donors (Lipinski definition) is 1. The molecule has 2 amide bonds. The molecule has 0 atom stereocenters. The lowest BCUT2D eigenvalue weighted by atomic mass is 10.1. The zero-order chi connectivity index (χ0) is 18.8. The van der Waals surface area contributed by atoms with Gasteiger partial charge < -0.3 is 15.5 Å². The van der Waals surface area contributed by atoms with Crippen molar-refractivity contribution in [3.63, 3.8) is 0 Å². The van der Waals surface area contributed by atoms with Crippen molar-refractivity contribution in [1.82, 2.24) is 9.88 Å². The highest BCUT2D eigenvalue weighted by atomic mass is 16.2. The van der Waals surface area contributed by atoms with Crippen LogP contribution in [0.3, 0.4) is 0 Å². The van der Waals surface area contributed by atoms with Gasteiger partial charge in [-0.3, -0.25) is 14.6 Å². The van der Waals surface area contributed by atoms with Gasteiger partial charge in [0.2, 0.25) is 5.91 Å². The smallest absolute Gasteiger partial charge is 0.253 e. The van der Waals surface area contributed by atoms with E-state index < -0.39 is 5.91 Å². The standard InChI is InChI=1S/C21H20N4O2/c22-20(26)16-6-7-17-13-23-14-19(18(17)12-16)24-8-10-25(11-9-24)21(27)15-4-2-1-3-5-15/h1-7,12-14H,8-11H2,(H2,22,26). The van der Waals surface area contributed by atoms with Crippen LogP contribution < -0.4 is 10.6 Å². The Kier molecular flexibility index (Phi) is 4.46. The lowest BCUT2D eigenvalue weighted by Crippen LogP contribution is -2.48. The number of pyridine rings is 1. The van der Waals surface area contributed by atoms with Gasteiger partial charge in [-0.25, -0.2) is 0 Å². The number of fused-ring (bicyclic) bond motifs is 1. The Morgan fingerprint density at radius 2 is 1.63 bits per heavy atom. The highest BCUT2D eigenvalue weighted by Gasteiger charge is 2.23. The van der Waals surface area contributed by atoms with E-state index in [9.17, 15) is 9.59 Å². The van der Waals surface area contributed by atoms with Gasteiger partial charge in [0.1, 0.15) is 0 Å². The number of carbonyl (C=O) groups excluding carboxylic acids is 2. The Bertz CT molecular complexity index is 995. The van der Waals surface area contributed by atoms with Crippen LogP contribution in [0.2, 0.25) is 0 Å². The zero-order valence-electron chi connectivity index (χ0n) is 14.8. The molecule has 6 nitrogen and oxygen atoms in total. The number of anilines is 1. The van der Waals surface area contributed by atoms with Gasteiger partial charge in [0.15, 0.2) is 0 Å². The molecule has 0 unspecified atom stereocenters. The van der Waals surface area contributed by atoms with Crippen LogP contribution in [-0.4, -0.2) is 47.9 Å². The molecule has 1 aromatic heterocycles. The molecule has 2 aromatic carbocycles. The summed E-state index contributed by atoms with van der Waals surface area (Å²) in [6.45, 7) is 2.69. The Labute approximate surface area is 157 Å². The van der Waals surface area contributed by atoms with Crippen molar-refractivity contribution < 1.29 is 9.59 Å². The Morgan fingerprint density at radius 1 is 0.889 bits per heavy atom. The Morgan fingerprint density at radius 3 is 2.33 bits per heavy atom. The van der Waals surface area contributed by atoms with Gasteiger partial charge in [0.05, 0.1) is 11.9 Å². The second-order valence-corrected chi connectivity index (χ2v) is 6.60. The average molecular weight is 360 g/mol. The van der Waals surface area contributed by atoms with Crippen LogP contribution >= 0.6 is 0 Å². The van der Waals surface area contributed by atoms with E-state index in [1.807, 2.05) is 53.6 Å². The number of nitrogens with two attached hydrogens (primary N) is 1. The fraction of sp³-hybridized carbons (Fsp3) is 0.190. The summed E-state index contributed by atoms with van der Waals surface area (Å²) in [5.41, 5.74) is 7.58. The van der Waals surface area contributed by atoms with Gasteiger partial charge in [-0.15, -0.1) is 0 Å². The van der Waals surface area contributed by atoms with Crippen LogP contribution in [0.5, 0.6) is 0 Å². The molecule has 0 spiro atoms. The minimum atomic E-state index is -0.446. The van der Waals surface area contributed by atoms with Crippen molar-refractivity contribution in [2.75, 3.05) is 31.1 Å². The summed E-state index contributed by atoms with van der Waals surface area (Å²) in [5.74, 6) is -0.389. The van der Waals surface area contributed by atoms with Crippen LogP contribution in [0.15, 0.2) is 60.9 Å². The molecule has 1 aliphatic heterocycles. The predicted octanol–water partition coefficient (Wildman–Crippen LogP) is 2.30. The molecule has 0 radical (unpaired) electrons. The van der Waals surface area contributed by atoms with E-state index in [0.717, 1.165) is 16.5 Å². The second-order valence-electron chi connectivity index (χ2n) is 6.60. The molecule has 4 rings (SSSR count). The number of rotatable bonds is 3. The van der Waals surface area contributed by atoms with Crippen LogP contribution in [0.4, 0.5) is 5.69 Å². The van der Waals surface area contributed by atoms with Gasteiger partial charge in [0, 0.05) is 54.3 Å². The van der Waals surface area contributed by atoms with E-state index in [1.54, 1.807) is 12.3 Å². The highest BCUT2D eigenvalue weighted by molar-refractivity contribution is 6.01. The second kappa shape index (κ2) is 7.07. The van der Waals surface area contributed by atoms with E-state index >= 15 is 0 Å². The van der Waals surface area contributed by atoms with Gasteiger partial charge in [-0.1, -0.05) is 24.3 Å².